The van der Waals surface area contributed by atoms with Crippen LogP contribution in [0.2, 0.25) is 4.34 Å². The smallest absolute Gasteiger partial charge is 0.0931 e. The van der Waals surface area contributed by atoms with Crippen molar-refractivity contribution in [2.75, 3.05) is 0 Å². The molecule has 2 rings (SSSR count). The van der Waals surface area contributed by atoms with Crippen molar-refractivity contribution >= 4 is 22.9 Å². The molecule has 1 heterocycles. The Morgan fingerprint density at radius 3 is 2.81 bits per heavy atom. The van der Waals surface area contributed by atoms with Crippen molar-refractivity contribution < 1.29 is 0 Å². The molecule has 2 N–H and O–H groups in total. The fourth-order valence-electron chi connectivity index (χ4n) is 2.22. The van der Waals surface area contributed by atoms with Gasteiger partial charge in [-0.25, -0.2) is 0 Å². The zero-order chi connectivity index (χ0) is 11.4. The van der Waals surface area contributed by atoms with Gasteiger partial charge in [0.15, 0.2) is 0 Å². The second-order valence-corrected chi connectivity index (χ2v) is 6.28. The Morgan fingerprint density at radius 2 is 2.19 bits per heavy atom. The van der Waals surface area contributed by atoms with Crippen molar-refractivity contribution in [2.45, 2.75) is 44.6 Å². The van der Waals surface area contributed by atoms with E-state index in [4.69, 9.17) is 17.3 Å². The first-order valence-electron chi connectivity index (χ1n) is 5.92. The summed E-state index contributed by atoms with van der Waals surface area (Å²) in [6.07, 6.45) is 9.56. The Morgan fingerprint density at radius 1 is 1.31 bits per heavy atom. The summed E-state index contributed by atoms with van der Waals surface area (Å²) in [7, 11) is 0. The Hall–Kier alpha value is -0.310. The average Bonchev–Trinajstić information content (AvgIpc) is 2.65. The summed E-state index contributed by atoms with van der Waals surface area (Å²) in [4.78, 5) is 1.30. The molecule has 0 amide bonds. The maximum atomic E-state index is 6.17. The highest BCUT2D eigenvalue weighted by molar-refractivity contribution is 7.16. The van der Waals surface area contributed by atoms with Gasteiger partial charge in [0.1, 0.15) is 0 Å². The predicted octanol–water partition coefficient (Wildman–Crippen LogP) is 4.16. The van der Waals surface area contributed by atoms with Gasteiger partial charge in [-0.1, -0.05) is 23.3 Å². The van der Waals surface area contributed by atoms with E-state index in [1.54, 1.807) is 16.9 Å². The minimum atomic E-state index is 0.249. The number of rotatable bonds is 4. The monoisotopic (exact) mass is 255 g/mol. The van der Waals surface area contributed by atoms with E-state index in [9.17, 15) is 0 Å². The Labute approximate surface area is 106 Å². The summed E-state index contributed by atoms with van der Waals surface area (Å²) in [5.74, 6) is 0. The molecule has 0 bridgehead atoms. The van der Waals surface area contributed by atoms with Crippen LogP contribution in [-0.4, -0.2) is 6.04 Å². The summed E-state index contributed by atoms with van der Waals surface area (Å²) in [5.41, 5.74) is 7.73. The van der Waals surface area contributed by atoms with Gasteiger partial charge in [0.05, 0.1) is 4.34 Å². The third-order valence-electron chi connectivity index (χ3n) is 3.00. The van der Waals surface area contributed by atoms with Crippen LogP contribution in [0.3, 0.4) is 0 Å². The molecule has 0 aliphatic heterocycles. The lowest BCUT2D eigenvalue weighted by molar-refractivity contribution is 0.608. The zero-order valence-corrected chi connectivity index (χ0v) is 11.0. The number of hydrogen-bond donors (Lipinski definition) is 1. The molecule has 1 aliphatic rings. The molecule has 1 aliphatic carbocycles. The molecule has 3 heteroatoms. The second kappa shape index (κ2) is 5.85. The van der Waals surface area contributed by atoms with E-state index in [-0.39, 0.29) is 6.04 Å². The maximum Gasteiger partial charge on any atom is 0.0931 e. The molecule has 0 spiro atoms. The summed E-state index contributed by atoms with van der Waals surface area (Å²) in [6.45, 7) is 0. The van der Waals surface area contributed by atoms with E-state index >= 15 is 0 Å². The molecule has 1 aromatic rings. The number of allylic oxidation sites excluding steroid dienone is 1. The average molecular weight is 256 g/mol. The first-order valence-corrected chi connectivity index (χ1v) is 7.11. The number of hydrogen-bond acceptors (Lipinski definition) is 2. The third kappa shape index (κ3) is 3.62. The summed E-state index contributed by atoms with van der Waals surface area (Å²) in [5, 5.41) is 0. The van der Waals surface area contributed by atoms with E-state index in [1.807, 2.05) is 6.07 Å². The fourth-order valence-corrected chi connectivity index (χ4v) is 3.40. The van der Waals surface area contributed by atoms with E-state index in [0.717, 1.165) is 17.2 Å². The van der Waals surface area contributed by atoms with Gasteiger partial charge >= 0.3 is 0 Å². The molecule has 0 aromatic carbocycles. The molecule has 0 saturated heterocycles. The fraction of sp³-hybridized carbons (Fsp3) is 0.538. The van der Waals surface area contributed by atoms with Gasteiger partial charge < -0.3 is 5.73 Å². The summed E-state index contributed by atoms with van der Waals surface area (Å²) >= 11 is 7.55. The molecule has 0 radical (unpaired) electrons. The van der Waals surface area contributed by atoms with Gasteiger partial charge in [0.2, 0.25) is 0 Å². The molecule has 1 unspecified atom stereocenters. The first kappa shape index (κ1) is 12.2. The molecule has 16 heavy (non-hydrogen) atoms. The van der Waals surface area contributed by atoms with Gasteiger partial charge in [-0.15, -0.1) is 11.3 Å². The highest BCUT2D eigenvalue weighted by Gasteiger charge is 2.10. The van der Waals surface area contributed by atoms with Gasteiger partial charge in [0, 0.05) is 10.9 Å². The number of nitrogens with two attached hydrogens (primary N) is 1. The minimum Gasteiger partial charge on any atom is -0.327 e. The van der Waals surface area contributed by atoms with Crippen LogP contribution in [0.15, 0.2) is 23.8 Å². The number of halogens is 1. The van der Waals surface area contributed by atoms with E-state index in [1.165, 1.54) is 30.6 Å². The normalized spacial score (nSPS) is 18.2. The quantitative estimate of drug-likeness (QED) is 0.804. The predicted molar refractivity (Wildman–Crippen MR) is 72.2 cm³/mol. The van der Waals surface area contributed by atoms with Crippen molar-refractivity contribution in [1.82, 2.24) is 0 Å². The largest absolute Gasteiger partial charge is 0.327 e. The lowest BCUT2D eigenvalue weighted by Crippen LogP contribution is -2.23. The summed E-state index contributed by atoms with van der Waals surface area (Å²) in [6, 6.07) is 4.29. The van der Waals surface area contributed by atoms with Crippen LogP contribution in [0.25, 0.3) is 0 Å². The van der Waals surface area contributed by atoms with E-state index in [0.29, 0.717) is 0 Å². The lowest BCUT2D eigenvalue weighted by Gasteiger charge is -2.16. The summed E-state index contributed by atoms with van der Waals surface area (Å²) < 4.78 is 0.860. The first-order chi connectivity index (χ1) is 7.74. The Balaban J connectivity index is 1.83. The highest BCUT2D eigenvalue weighted by Crippen LogP contribution is 2.25. The van der Waals surface area contributed by atoms with Gasteiger partial charge in [0.25, 0.3) is 0 Å². The molecule has 1 aromatic heterocycles. The van der Waals surface area contributed by atoms with Crippen LogP contribution in [0.4, 0.5) is 0 Å². The Bertz CT molecular complexity index is 370. The van der Waals surface area contributed by atoms with Crippen molar-refractivity contribution in [3.63, 3.8) is 0 Å². The molecule has 1 nitrogen and oxygen atoms in total. The minimum absolute atomic E-state index is 0.249. The van der Waals surface area contributed by atoms with Crippen LogP contribution in [-0.2, 0) is 6.42 Å². The Kier molecular flexibility index (Phi) is 4.45. The number of thiophene rings is 1. The van der Waals surface area contributed by atoms with Crippen LogP contribution in [0, 0.1) is 0 Å². The molecule has 0 saturated carbocycles. The van der Waals surface area contributed by atoms with Crippen LogP contribution >= 0.6 is 22.9 Å². The molecular weight excluding hydrogens is 238 g/mol. The van der Waals surface area contributed by atoms with Crippen molar-refractivity contribution in [3.8, 4) is 0 Å². The molecule has 0 fully saturated rings. The van der Waals surface area contributed by atoms with Gasteiger partial charge in [-0.2, -0.15) is 0 Å². The molecule has 88 valence electrons. The zero-order valence-electron chi connectivity index (χ0n) is 9.42. The van der Waals surface area contributed by atoms with Crippen molar-refractivity contribution in [2.24, 2.45) is 5.73 Å². The van der Waals surface area contributed by atoms with Crippen LogP contribution < -0.4 is 5.73 Å². The van der Waals surface area contributed by atoms with Crippen LogP contribution in [0.5, 0.6) is 0 Å². The van der Waals surface area contributed by atoms with Crippen molar-refractivity contribution in [3.05, 3.63) is 33.0 Å². The SMILES string of the molecule is NC(CC1=CCCCC1)Cc1ccc(Cl)s1. The second-order valence-electron chi connectivity index (χ2n) is 4.48. The van der Waals surface area contributed by atoms with E-state index < -0.39 is 0 Å². The van der Waals surface area contributed by atoms with Gasteiger partial charge in [-0.05, 0) is 50.7 Å². The topological polar surface area (TPSA) is 26.0 Å². The third-order valence-corrected chi connectivity index (χ3v) is 4.26. The molecular formula is C13H18ClNS. The van der Waals surface area contributed by atoms with Crippen LogP contribution in [0.1, 0.15) is 37.0 Å². The van der Waals surface area contributed by atoms with Crippen molar-refractivity contribution in [1.29, 1.82) is 0 Å². The lowest BCUT2D eigenvalue weighted by atomic mass is 9.93. The molecule has 1 atom stereocenters. The van der Waals surface area contributed by atoms with E-state index in [2.05, 4.69) is 12.1 Å². The van der Waals surface area contributed by atoms with Gasteiger partial charge in [-0.3, -0.25) is 0 Å². The highest BCUT2D eigenvalue weighted by atomic mass is 35.5. The standard InChI is InChI=1S/C13H18ClNS/c14-13-7-6-12(16-13)9-11(15)8-10-4-2-1-3-5-10/h4,6-7,11H,1-3,5,8-9,15H2. The maximum absolute atomic E-state index is 6.17.